The van der Waals surface area contributed by atoms with Crippen LogP contribution in [0.5, 0.6) is 0 Å². The molecule has 0 spiro atoms. The summed E-state index contributed by atoms with van der Waals surface area (Å²) in [6, 6.07) is 0. The first-order chi connectivity index (χ1) is 9.97. The summed E-state index contributed by atoms with van der Waals surface area (Å²) in [5, 5.41) is 0. The van der Waals surface area contributed by atoms with Crippen LogP contribution < -0.4 is 0 Å². The molecule has 1 saturated carbocycles. The molecule has 22 heavy (non-hydrogen) atoms. The Morgan fingerprint density at radius 2 is 1.77 bits per heavy atom. The van der Waals surface area contributed by atoms with Crippen molar-refractivity contribution in [2.45, 2.75) is 56.6 Å². The number of halogens is 3. The van der Waals surface area contributed by atoms with Gasteiger partial charge in [0.25, 0.3) is 0 Å². The lowest BCUT2D eigenvalue weighted by Crippen LogP contribution is -2.35. The standard InChI is InChI=1S/C14H21F3O4S/c1-4-5-6-9-7-10(8-22(18,19)14(15,16)17)12-11(9)20-13(2,3)21-12/h4,9-12H,1,5-8H2,2-3H3/t9-,10+,11+,12-/m0/s1. The van der Waals surface area contributed by atoms with E-state index in [4.69, 9.17) is 9.47 Å². The van der Waals surface area contributed by atoms with Gasteiger partial charge in [-0.3, -0.25) is 0 Å². The van der Waals surface area contributed by atoms with Gasteiger partial charge in [0.1, 0.15) is 0 Å². The third kappa shape index (κ3) is 3.49. The van der Waals surface area contributed by atoms with Gasteiger partial charge in [0.05, 0.1) is 18.0 Å². The number of hydrogen-bond acceptors (Lipinski definition) is 4. The van der Waals surface area contributed by atoms with Crippen molar-refractivity contribution in [1.82, 2.24) is 0 Å². The van der Waals surface area contributed by atoms with Crippen LogP contribution >= 0.6 is 0 Å². The van der Waals surface area contributed by atoms with Crippen LogP contribution in [-0.2, 0) is 19.3 Å². The van der Waals surface area contributed by atoms with Crippen molar-refractivity contribution in [1.29, 1.82) is 0 Å². The van der Waals surface area contributed by atoms with Gasteiger partial charge in [-0.05, 0) is 39.0 Å². The summed E-state index contributed by atoms with van der Waals surface area (Å²) in [4.78, 5) is 0. The first-order valence-corrected chi connectivity index (χ1v) is 8.87. The van der Waals surface area contributed by atoms with Gasteiger partial charge in [0.15, 0.2) is 5.79 Å². The predicted molar refractivity (Wildman–Crippen MR) is 74.7 cm³/mol. The molecule has 0 N–H and O–H groups in total. The summed E-state index contributed by atoms with van der Waals surface area (Å²) in [6.07, 6.45) is 2.53. The van der Waals surface area contributed by atoms with E-state index >= 15 is 0 Å². The number of hydrogen-bond donors (Lipinski definition) is 0. The number of sulfone groups is 1. The quantitative estimate of drug-likeness (QED) is 0.721. The maximum Gasteiger partial charge on any atom is 0.497 e. The third-order valence-corrected chi connectivity index (χ3v) is 5.80. The molecule has 0 bridgehead atoms. The lowest BCUT2D eigenvalue weighted by atomic mass is 9.98. The van der Waals surface area contributed by atoms with Gasteiger partial charge in [-0.25, -0.2) is 8.42 Å². The summed E-state index contributed by atoms with van der Waals surface area (Å²) >= 11 is 0. The Kier molecular flexibility index (Phi) is 4.68. The zero-order valence-electron chi connectivity index (χ0n) is 12.6. The van der Waals surface area contributed by atoms with Crippen molar-refractivity contribution < 1.29 is 31.1 Å². The minimum Gasteiger partial charge on any atom is -0.344 e. The highest BCUT2D eigenvalue weighted by Gasteiger charge is 2.56. The average Bonchev–Trinajstić information content (AvgIpc) is 2.80. The fourth-order valence-electron chi connectivity index (χ4n) is 3.36. The molecule has 0 amide bonds. The molecule has 1 aliphatic heterocycles. The van der Waals surface area contributed by atoms with Crippen molar-refractivity contribution in [3.05, 3.63) is 12.7 Å². The van der Waals surface area contributed by atoms with Crippen molar-refractivity contribution in [2.75, 3.05) is 5.75 Å². The van der Waals surface area contributed by atoms with E-state index in [1.54, 1.807) is 19.9 Å². The van der Waals surface area contributed by atoms with Gasteiger partial charge in [0, 0.05) is 5.92 Å². The Balaban J connectivity index is 2.17. The molecule has 1 aliphatic carbocycles. The fourth-order valence-corrected chi connectivity index (χ4v) is 4.44. The molecule has 2 rings (SSSR count). The largest absolute Gasteiger partial charge is 0.497 e. The van der Waals surface area contributed by atoms with E-state index in [0.717, 1.165) is 0 Å². The molecule has 8 heteroatoms. The number of rotatable bonds is 5. The number of allylic oxidation sites excluding steroid dienone is 1. The van der Waals surface area contributed by atoms with E-state index in [1.807, 2.05) is 0 Å². The molecular weight excluding hydrogens is 321 g/mol. The summed E-state index contributed by atoms with van der Waals surface area (Å²) in [5.41, 5.74) is -5.23. The molecule has 1 heterocycles. The van der Waals surface area contributed by atoms with E-state index in [1.165, 1.54) is 0 Å². The topological polar surface area (TPSA) is 52.6 Å². The van der Waals surface area contributed by atoms with Crippen molar-refractivity contribution in [3.63, 3.8) is 0 Å². The van der Waals surface area contributed by atoms with Gasteiger partial charge in [0.2, 0.25) is 9.84 Å². The molecule has 0 radical (unpaired) electrons. The smallest absolute Gasteiger partial charge is 0.344 e. The van der Waals surface area contributed by atoms with Crippen LogP contribution in [0.2, 0.25) is 0 Å². The van der Waals surface area contributed by atoms with E-state index < -0.39 is 38.9 Å². The second-order valence-electron chi connectivity index (χ2n) is 6.41. The van der Waals surface area contributed by atoms with Gasteiger partial charge in [-0.15, -0.1) is 6.58 Å². The maximum absolute atomic E-state index is 12.6. The minimum atomic E-state index is -5.23. The molecule has 0 unspecified atom stereocenters. The van der Waals surface area contributed by atoms with Crippen LogP contribution in [0.25, 0.3) is 0 Å². The van der Waals surface area contributed by atoms with Crippen molar-refractivity contribution >= 4 is 9.84 Å². The summed E-state index contributed by atoms with van der Waals surface area (Å²) < 4.78 is 72.2. The molecule has 2 aliphatic rings. The van der Waals surface area contributed by atoms with Crippen LogP contribution in [0, 0.1) is 11.8 Å². The number of alkyl halides is 3. The molecule has 2 fully saturated rings. The average molecular weight is 342 g/mol. The number of fused-ring (bicyclic) bond motifs is 1. The molecule has 0 aromatic rings. The third-order valence-electron chi connectivity index (χ3n) is 4.23. The molecule has 0 aromatic carbocycles. The lowest BCUT2D eigenvalue weighted by Gasteiger charge is -2.23. The fraction of sp³-hybridized carbons (Fsp3) is 0.857. The van der Waals surface area contributed by atoms with E-state index in [9.17, 15) is 21.6 Å². The van der Waals surface area contributed by atoms with E-state index in [2.05, 4.69) is 6.58 Å². The summed E-state index contributed by atoms with van der Waals surface area (Å²) in [6.45, 7) is 7.00. The van der Waals surface area contributed by atoms with Crippen LogP contribution in [0.1, 0.15) is 33.1 Å². The van der Waals surface area contributed by atoms with Crippen LogP contribution in [0.15, 0.2) is 12.7 Å². The van der Waals surface area contributed by atoms with Gasteiger partial charge in [-0.1, -0.05) is 6.08 Å². The Morgan fingerprint density at radius 3 is 2.27 bits per heavy atom. The highest BCUT2D eigenvalue weighted by atomic mass is 32.2. The summed E-state index contributed by atoms with van der Waals surface area (Å²) in [7, 11) is -5.16. The Hall–Kier alpha value is -0.600. The zero-order chi connectivity index (χ0) is 16.8. The predicted octanol–water partition coefficient (Wildman–Crippen LogP) is 3.04. The van der Waals surface area contributed by atoms with E-state index in [-0.39, 0.29) is 12.0 Å². The maximum atomic E-state index is 12.6. The first-order valence-electron chi connectivity index (χ1n) is 7.22. The highest BCUT2D eigenvalue weighted by Crippen LogP contribution is 2.47. The monoisotopic (exact) mass is 342 g/mol. The normalized spacial score (nSPS) is 34.6. The van der Waals surface area contributed by atoms with Crippen molar-refractivity contribution in [2.24, 2.45) is 11.8 Å². The molecule has 0 aromatic heterocycles. The molecule has 4 nitrogen and oxygen atoms in total. The van der Waals surface area contributed by atoms with Gasteiger partial charge in [-0.2, -0.15) is 13.2 Å². The number of ether oxygens (including phenoxy) is 2. The Morgan fingerprint density at radius 1 is 1.23 bits per heavy atom. The van der Waals surface area contributed by atoms with Crippen LogP contribution in [0.4, 0.5) is 13.2 Å². The van der Waals surface area contributed by atoms with Crippen LogP contribution in [-0.4, -0.2) is 37.7 Å². The SMILES string of the molecule is C=CCC[C@H]1C[C@H](CS(=O)(=O)C(F)(F)F)[C@@H]2OC(C)(C)O[C@H]12. The minimum absolute atomic E-state index is 0.0155. The molecule has 128 valence electrons. The molecule has 4 atom stereocenters. The van der Waals surface area contributed by atoms with Crippen LogP contribution in [0.3, 0.4) is 0 Å². The molecular formula is C14H21F3O4S. The zero-order valence-corrected chi connectivity index (χ0v) is 13.4. The van der Waals surface area contributed by atoms with Gasteiger partial charge < -0.3 is 9.47 Å². The van der Waals surface area contributed by atoms with E-state index in [0.29, 0.717) is 19.3 Å². The summed E-state index contributed by atoms with van der Waals surface area (Å²) in [5.74, 6) is -2.56. The Labute approximate surface area is 128 Å². The van der Waals surface area contributed by atoms with Gasteiger partial charge >= 0.3 is 5.51 Å². The second kappa shape index (κ2) is 5.79. The highest BCUT2D eigenvalue weighted by molar-refractivity contribution is 7.92. The lowest BCUT2D eigenvalue weighted by molar-refractivity contribution is -0.160. The molecule has 1 saturated heterocycles. The van der Waals surface area contributed by atoms with Crippen molar-refractivity contribution in [3.8, 4) is 0 Å². The first kappa shape index (κ1) is 17.7. The second-order valence-corrected chi connectivity index (χ2v) is 8.44. The Bertz CT molecular complexity index is 527.